The van der Waals surface area contributed by atoms with E-state index in [9.17, 15) is 4.79 Å². The van der Waals surface area contributed by atoms with E-state index in [2.05, 4.69) is 20.6 Å². The number of carbonyl (C=O) groups is 1. The summed E-state index contributed by atoms with van der Waals surface area (Å²) in [7, 11) is 3.93. The number of nitrogens with zero attached hydrogens (tertiary/aromatic N) is 3. The lowest BCUT2D eigenvalue weighted by Gasteiger charge is -2.11. The van der Waals surface area contributed by atoms with Gasteiger partial charge in [-0.05, 0) is 34.0 Å². The molecule has 0 aliphatic carbocycles. The van der Waals surface area contributed by atoms with Gasteiger partial charge in [-0.25, -0.2) is 9.97 Å². The minimum absolute atomic E-state index is 0.165. The van der Waals surface area contributed by atoms with Crippen LogP contribution in [-0.4, -0.2) is 54.5 Å². The van der Waals surface area contributed by atoms with E-state index in [1.165, 1.54) is 0 Å². The van der Waals surface area contributed by atoms with Crippen LogP contribution >= 0.6 is 0 Å². The van der Waals surface area contributed by atoms with Crippen molar-refractivity contribution in [2.24, 2.45) is 0 Å². The van der Waals surface area contributed by atoms with Gasteiger partial charge in [0.1, 0.15) is 5.69 Å². The number of rotatable bonds is 6. The molecule has 0 radical (unpaired) electrons. The fourth-order valence-corrected chi connectivity index (χ4v) is 1.41. The molecule has 1 amide bonds. The summed E-state index contributed by atoms with van der Waals surface area (Å²) in [5.41, 5.74) is 1.18. The minimum atomic E-state index is -0.165. The second-order valence-electron chi connectivity index (χ2n) is 4.31. The van der Waals surface area contributed by atoms with Crippen LogP contribution in [0.2, 0.25) is 0 Å². The molecule has 6 heteroatoms. The molecule has 0 spiro atoms. The fourth-order valence-electron chi connectivity index (χ4n) is 1.41. The number of amides is 1. The molecule has 0 fully saturated rings. The molecule has 0 aliphatic heterocycles. The number of anilines is 1. The highest BCUT2D eigenvalue weighted by molar-refractivity contribution is 5.92. The zero-order valence-electron chi connectivity index (χ0n) is 11.4. The number of hydrogen-bond acceptors (Lipinski definition) is 5. The maximum Gasteiger partial charge on any atom is 0.270 e. The van der Waals surface area contributed by atoms with Gasteiger partial charge in [-0.1, -0.05) is 0 Å². The molecule has 0 aliphatic rings. The SMILES string of the molecule is CCNc1nc(C)cc(C(=O)NCCN(C)C)n1. The van der Waals surface area contributed by atoms with Crippen molar-refractivity contribution in [3.63, 3.8) is 0 Å². The van der Waals surface area contributed by atoms with Crippen LogP contribution in [0.1, 0.15) is 23.1 Å². The molecular formula is C12H21N5O. The van der Waals surface area contributed by atoms with Crippen molar-refractivity contribution in [1.82, 2.24) is 20.2 Å². The van der Waals surface area contributed by atoms with Crippen LogP contribution < -0.4 is 10.6 Å². The highest BCUT2D eigenvalue weighted by Gasteiger charge is 2.09. The first-order valence-electron chi connectivity index (χ1n) is 6.05. The Morgan fingerprint density at radius 2 is 2.11 bits per heavy atom. The Morgan fingerprint density at radius 3 is 2.72 bits per heavy atom. The van der Waals surface area contributed by atoms with E-state index in [0.717, 1.165) is 18.8 Å². The summed E-state index contributed by atoms with van der Waals surface area (Å²) in [5.74, 6) is 0.330. The minimum Gasteiger partial charge on any atom is -0.354 e. The second-order valence-corrected chi connectivity index (χ2v) is 4.31. The first-order chi connectivity index (χ1) is 8.52. The Kier molecular flexibility index (Phi) is 5.51. The van der Waals surface area contributed by atoms with Gasteiger partial charge in [0, 0.05) is 25.3 Å². The molecule has 0 saturated heterocycles. The van der Waals surface area contributed by atoms with Crippen LogP contribution in [0, 0.1) is 6.92 Å². The number of aromatic nitrogens is 2. The molecular weight excluding hydrogens is 230 g/mol. The Balaban J connectivity index is 2.66. The highest BCUT2D eigenvalue weighted by Crippen LogP contribution is 2.04. The van der Waals surface area contributed by atoms with Gasteiger partial charge in [0.25, 0.3) is 5.91 Å². The van der Waals surface area contributed by atoms with Crippen LogP contribution in [0.3, 0.4) is 0 Å². The number of likely N-dealkylation sites (N-methyl/N-ethyl adjacent to an activating group) is 1. The second kappa shape index (κ2) is 6.90. The molecule has 1 heterocycles. The molecule has 0 aromatic carbocycles. The lowest BCUT2D eigenvalue weighted by molar-refractivity contribution is 0.0946. The Labute approximate surface area is 108 Å². The quantitative estimate of drug-likeness (QED) is 0.771. The topological polar surface area (TPSA) is 70.2 Å². The highest BCUT2D eigenvalue weighted by atomic mass is 16.1. The lowest BCUT2D eigenvalue weighted by Crippen LogP contribution is -2.32. The normalized spacial score (nSPS) is 10.5. The van der Waals surface area contributed by atoms with Crippen LogP contribution in [-0.2, 0) is 0 Å². The molecule has 18 heavy (non-hydrogen) atoms. The van der Waals surface area contributed by atoms with Gasteiger partial charge >= 0.3 is 0 Å². The van der Waals surface area contributed by atoms with Gasteiger partial charge < -0.3 is 15.5 Å². The average Bonchev–Trinajstić information content (AvgIpc) is 2.28. The summed E-state index contributed by atoms with van der Waals surface area (Å²) in [6.07, 6.45) is 0. The summed E-state index contributed by atoms with van der Waals surface area (Å²) >= 11 is 0. The average molecular weight is 251 g/mol. The maximum atomic E-state index is 11.9. The summed E-state index contributed by atoms with van der Waals surface area (Å²) in [4.78, 5) is 22.3. The van der Waals surface area contributed by atoms with E-state index >= 15 is 0 Å². The van der Waals surface area contributed by atoms with Crippen molar-refractivity contribution in [2.45, 2.75) is 13.8 Å². The van der Waals surface area contributed by atoms with Crippen LogP contribution in [0.4, 0.5) is 5.95 Å². The number of hydrogen-bond donors (Lipinski definition) is 2. The molecule has 0 bridgehead atoms. The Morgan fingerprint density at radius 1 is 1.39 bits per heavy atom. The first kappa shape index (κ1) is 14.4. The molecule has 1 aromatic heterocycles. The van der Waals surface area contributed by atoms with Crippen LogP contribution in [0.25, 0.3) is 0 Å². The molecule has 0 unspecified atom stereocenters. The van der Waals surface area contributed by atoms with Crippen molar-refractivity contribution in [3.8, 4) is 0 Å². The molecule has 0 saturated carbocycles. The van der Waals surface area contributed by atoms with E-state index in [4.69, 9.17) is 0 Å². The Hall–Kier alpha value is -1.69. The van der Waals surface area contributed by atoms with Gasteiger partial charge in [-0.3, -0.25) is 4.79 Å². The predicted octanol–water partition coefficient (Wildman–Crippen LogP) is 0.508. The summed E-state index contributed by atoms with van der Waals surface area (Å²) in [5, 5.41) is 5.84. The van der Waals surface area contributed by atoms with Gasteiger partial charge in [0.15, 0.2) is 0 Å². The molecule has 100 valence electrons. The standard InChI is InChI=1S/C12H21N5O/c1-5-13-12-15-9(2)8-10(16-12)11(18)14-6-7-17(3)4/h8H,5-7H2,1-4H3,(H,14,18)(H,13,15,16). The lowest BCUT2D eigenvalue weighted by atomic mass is 10.3. The van der Waals surface area contributed by atoms with Crippen LogP contribution in [0.5, 0.6) is 0 Å². The smallest absolute Gasteiger partial charge is 0.270 e. The van der Waals surface area contributed by atoms with Crippen molar-refractivity contribution in [3.05, 3.63) is 17.5 Å². The van der Waals surface area contributed by atoms with Crippen LogP contribution in [0.15, 0.2) is 6.07 Å². The summed E-state index contributed by atoms with van der Waals surface area (Å²) < 4.78 is 0. The third-order valence-electron chi connectivity index (χ3n) is 2.27. The van der Waals surface area contributed by atoms with Crippen molar-refractivity contribution >= 4 is 11.9 Å². The third kappa shape index (κ3) is 4.67. The molecule has 2 N–H and O–H groups in total. The molecule has 1 aromatic rings. The maximum absolute atomic E-state index is 11.9. The molecule has 1 rings (SSSR count). The van der Waals surface area contributed by atoms with E-state index < -0.39 is 0 Å². The zero-order valence-corrected chi connectivity index (χ0v) is 11.4. The van der Waals surface area contributed by atoms with E-state index in [0.29, 0.717) is 18.2 Å². The monoisotopic (exact) mass is 251 g/mol. The number of nitrogens with one attached hydrogen (secondary N) is 2. The fraction of sp³-hybridized carbons (Fsp3) is 0.583. The molecule has 0 atom stereocenters. The largest absolute Gasteiger partial charge is 0.354 e. The van der Waals surface area contributed by atoms with Crippen molar-refractivity contribution in [2.75, 3.05) is 39.0 Å². The first-order valence-corrected chi connectivity index (χ1v) is 6.05. The number of carbonyl (C=O) groups excluding carboxylic acids is 1. The third-order valence-corrected chi connectivity index (χ3v) is 2.27. The van der Waals surface area contributed by atoms with Gasteiger partial charge in [0.05, 0.1) is 0 Å². The van der Waals surface area contributed by atoms with Gasteiger partial charge in [-0.15, -0.1) is 0 Å². The Bertz CT molecular complexity index is 405. The van der Waals surface area contributed by atoms with E-state index in [-0.39, 0.29) is 5.91 Å². The van der Waals surface area contributed by atoms with E-state index in [1.54, 1.807) is 6.07 Å². The summed E-state index contributed by atoms with van der Waals surface area (Å²) in [6.45, 7) is 5.94. The van der Waals surface area contributed by atoms with Crippen molar-refractivity contribution in [1.29, 1.82) is 0 Å². The number of aryl methyl sites for hydroxylation is 1. The van der Waals surface area contributed by atoms with E-state index in [1.807, 2.05) is 32.8 Å². The molecule has 6 nitrogen and oxygen atoms in total. The zero-order chi connectivity index (χ0) is 13.5. The van der Waals surface area contributed by atoms with Gasteiger partial charge in [0.2, 0.25) is 5.95 Å². The van der Waals surface area contributed by atoms with Gasteiger partial charge in [-0.2, -0.15) is 0 Å². The van der Waals surface area contributed by atoms with Crippen molar-refractivity contribution < 1.29 is 4.79 Å². The predicted molar refractivity (Wildman–Crippen MR) is 71.8 cm³/mol. The summed E-state index contributed by atoms with van der Waals surface area (Å²) in [6, 6.07) is 1.69.